The zero-order chi connectivity index (χ0) is 10.7. The standard InChI is InChI=1S/C12H22ClOP/c13-15(14,11-7-3-1-4-8-11)12-9-5-2-6-10-12/h11-12H,1-10H2. The lowest BCUT2D eigenvalue weighted by molar-refractivity contribution is 0.455. The summed E-state index contributed by atoms with van der Waals surface area (Å²) in [7, 11) is 0. The molecule has 2 aliphatic rings. The summed E-state index contributed by atoms with van der Waals surface area (Å²) in [6.07, 6.45) is 12.1. The third-order valence-corrected chi connectivity index (χ3v) is 8.83. The van der Waals surface area contributed by atoms with Crippen LogP contribution in [0, 0.1) is 0 Å². The van der Waals surface area contributed by atoms with Crippen molar-refractivity contribution in [3.8, 4) is 0 Å². The summed E-state index contributed by atoms with van der Waals surface area (Å²) in [6, 6.07) is 0. The lowest BCUT2D eigenvalue weighted by Gasteiger charge is -2.33. The van der Waals surface area contributed by atoms with E-state index < -0.39 is 6.49 Å². The molecule has 3 heteroatoms. The average Bonchev–Trinajstić information content (AvgIpc) is 2.31. The van der Waals surface area contributed by atoms with Crippen molar-refractivity contribution in [3.63, 3.8) is 0 Å². The van der Waals surface area contributed by atoms with Crippen molar-refractivity contribution >= 4 is 17.7 Å². The predicted octanol–water partition coefficient (Wildman–Crippen LogP) is 5.17. The Balaban J connectivity index is 1.99. The van der Waals surface area contributed by atoms with Crippen LogP contribution >= 0.6 is 17.7 Å². The van der Waals surface area contributed by atoms with E-state index in [-0.39, 0.29) is 0 Å². The molecule has 2 aliphatic carbocycles. The van der Waals surface area contributed by atoms with Gasteiger partial charge in [-0.1, -0.05) is 49.8 Å². The molecule has 0 spiro atoms. The van der Waals surface area contributed by atoms with Crippen molar-refractivity contribution in [1.82, 2.24) is 0 Å². The molecule has 2 rings (SSSR count). The van der Waals surface area contributed by atoms with Crippen molar-refractivity contribution in [2.24, 2.45) is 0 Å². The molecule has 0 unspecified atom stereocenters. The van der Waals surface area contributed by atoms with E-state index in [1.54, 1.807) is 0 Å². The maximum Gasteiger partial charge on any atom is 0.175 e. The van der Waals surface area contributed by atoms with Crippen LogP contribution in [0.3, 0.4) is 0 Å². The van der Waals surface area contributed by atoms with Gasteiger partial charge in [-0.15, -0.1) is 0 Å². The summed E-state index contributed by atoms with van der Waals surface area (Å²) in [6.45, 7) is -2.37. The molecule has 0 saturated heterocycles. The van der Waals surface area contributed by atoms with Crippen molar-refractivity contribution in [2.45, 2.75) is 75.5 Å². The van der Waals surface area contributed by atoms with Gasteiger partial charge in [-0.3, -0.25) is 0 Å². The van der Waals surface area contributed by atoms with E-state index in [9.17, 15) is 4.57 Å². The molecular weight excluding hydrogens is 227 g/mol. The van der Waals surface area contributed by atoms with E-state index in [2.05, 4.69) is 0 Å². The van der Waals surface area contributed by atoms with E-state index >= 15 is 0 Å². The fourth-order valence-electron chi connectivity index (χ4n) is 3.16. The van der Waals surface area contributed by atoms with Crippen molar-refractivity contribution in [2.75, 3.05) is 0 Å². The quantitative estimate of drug-likeness (QED) is 0.616. The third-order valence-electron chi connectivity index (χ3n) is 4.15. The monoisotopic (exact) mass is 248 g/mol. The summed E-state index contributed by atoms with van der Waals surface area (Å²) < 4.78 is 12.7. The van der Waals surface area contributed by atoms with E-state index in [1.165, 1.54) is 38.5 Å². The first-order chi connectivity index (χ1) is 7.21. The molecule has 0 aromatic rings. The number of rotatable bonds is 2. The highest BCUT2D eigenvalue weighted by atomic mass is 35.7. The Morgan fingerprint density at radius 3 is 1.40 bits per heavy atom. The third kappa shape index (κ3) is 2.80. The van der Waals surface area contributed by atoms with E-state index in [0.717, 1.165) is 25.7 Å². The van der Waals surface area contributed by atoms with Gasteiger partial charge in [-0.05, 0) is 25.7 Å². The summed E-state index contributed by atoms with van der Waals surface area (Å²) in [5, 5.41) is 0. The van der Waals surface area contributed by atoms with Gasteiger partial charge in [0.1, 0.15) is 0 Å². The molecule has 15 heavy (non-hydrogen) atoms. The SMILES string of the molecule is O=P(Cl)(C1CCCCC1)C1CCCCC1. The molecule has 0 aliphatic heterocycles. The second kappa shape index (κ2) is 5.23. The van der Waals surface area contributed by atoms with Crippen LogP contribution in [0.2, 0.25) is 0 Å². The molecule has 0 N–H and O–H groups in total. The molecule has 0 aromatic heterocycles. The minimum absolute atomic E-state index is 0.357. The lowest BCUT2D eigenvalue weighted by atomic mass is 10.00. The zero-order valence-electron chi connectivity index (χ0n) is 9.46. The second-order valence-electron chi connectivity index (χ2n) is 5.21. The number of hydrogen-bond acceptors (Lipinski definition) is 1. The molecule has 0 radical (unpaired) electrons. The molecule has 0 aromatic carbocycles. The fourth-order valence-corrected chi connectivity index (χ4v) is 7.07. The highest BCUT2D eigenvalue weighted by Gasteiger charge is 2.39. The van der Waals surface area contributed by atoms with Gasteiger partial charge < -0.3 is 4.57 Å². The molecule has 2 saturated carbocycles. The van der Waals surface area contributed by atoms with Gasteiger partial charge in [-0.25, -0.2) is 0 Å². The van der Waals surface area contributed by atoms with Crippen LogP contribution in [0.25, 0.3) is 0 Å². The molecule has 1 nitrogen and oxygen atoms in total. The molecule has 88 valence electrons. The first-order valence-corrected chi connectivity index (χ1v) is 9.25. The normalized spacial score (nSPS) is 26.7. The lowest BCUT2D eigenvalue weighted by Crippen LogP contribution is -2.20. The smallest absolute Gasteiger partial charge is 0.175 e. The van der Waals surface area contributed by atoms with Crippen molar-refractivity contribution in [1.29, 1.82) is 0 Å². The molecule has 0 atom stereocenters. The molecule has 0 bridgehead atoms. The van der Waals surface area contributed by atoms with Crippen molar-refractivity contribution < 1.29 is 4.57 Å². The maximum absolute atomic E-state index is 12.7. The van der Waals surface area contributed by atoms with Gasteiger partial charge in [0.2, 0.25) is 0 Å². The highest BCUT2D eigenvalue weighted by Crippen LogP contribution is 2.66. The van der Waals surface area contributed by atoms with Crippen LogP contribution in [0.5, 0.6) is 0 Å². The minimum atomic E-state index is -2.37. The van der Waals surface area contributed by atoms with Crippen LogP contribution < -0.4 is 0 Å². The summed E-state index contributed by atoms with van der Waals surface area (Å²) in [4.78, 5) is 0. The minimum Gasteiger partial charge on any atom is -0.306 e. The largest absolute Gasteiger partial charge is 0.306 e. The molecule has 0 amide bonds. The average molecular weight is 249 g/mol. The van der Waals surface area contributed by atoms with Crippen LogP contribution in [0.4, 0.5) is 0 Å². The van der Waals surface area contributed by atoms with Crippen LogP contribution in [0.1, 0.15) is 64.2 Å². The predicted molar refractivity (Wildman–Crippen MR) is 67.2 cm³/mol. The van der Waals surface area contributed by atoms with Crippen LogP contribution in [0.15, 0.2) is 0 Å². The molecule has 2 fully saturated rings. The Bertz CT molecular complexity index is 220. The zero-order valence-corrected chi connectivity index (χ0v) is 11.1. The van der Waals surface area contributed by atoms with E-state index in [4.69, 9.17) is 11.2 Å². The number of halogens is 1. The highest BCUT2D eigenvalue weighted by molar-refractivity contribution is 7.90. The topological polar surface area (TPSA) is 17.1 Å². The number of hydrogen-bond donors (Lipinski definition) is 0. The van der Waals surface area contributed by atoms with Gasteiger partial charge in [0.05, 0.1) is 0 Å². The Morgan fingerprint density at radius 2 is 1.07 bits per heavy atom. The van der Waals surface area contributed by atoms with Gasteiger partial charge >= 0.3 is 0 Å². The fraction of sp³-hybridized carbons (Fsp3) is 1.00. The summed E-state index contributed by atoms with van der Waals surface area (Å²) >= 11 is 6.45. The van der Waals surface area contributed by atoms with E-state index in [1.807, 2.05) is 0 Å². The van der Waals surface area contributed by atoms with Crippen LogP contribution in [-0.2, 0) is 4.57 Å². The second-order valence-corrected chi connectivity index (χ2v) is 9.50. The van der Waals surface area contributed by atoms with Gasteiger partial charge in [0, 0.05) is 11.3 Å². The van der Waals surface area contributed by atoms with Gasteiger partial charge in [-0.2, -0.15) is 0 Å². The first kappa shape index (κ1) is 12.0. The summed E-state index contributed by atoms with van der Waals surface area (Å²) in [5.74, 6) is 0. The Labute approximate surface area is 98.1 Å². The van der Waals surface area contributed by atoms with E-state index in [0.29, 0.717) is 11.3 Å². The Morgan fingerprint density at radius 1 is 0.733 bits per heavy atom. The summed E-state index contributed by atoms with van der Waals surface area (Å²) in [5.41, 5.74) is 0.715. The molecule has 0 heterocycles. The molecular formula is C12H22ClOP. The van der Waals surface area contributed by atoms with Crippen molar-refractivity contribution in [3.05, 3.63) is 0 Å². The Kier molecular flexibility index (Phi) is 4.18. The first-order valence-electron chi connectivity index (χ1n) is 6.50. The Hall–Kier alpha value is 0.520. The maximum atomic E-state index is 12.7. The van der Waals surface area contributed by atoms with Gasteiger partial charge in [0.25, 0.3) is 0 Å². The van der Waals surface area contributed by atoms with Crippen LogP contribution in [-0.4, -0.2) is 11.3 Å². The van der Waals surface area contributed by atoms with Gasteiger partial charge in [0.15, 0.2) is 6.49 Å².